The van der Waals surface area contributed by atoms with Crippen molar-refractivity contribution in [1.29, 1.82) is 0 Å². The summed E-state index contributed by atoms with van der Waals surface area (Å²) in [6, 6.07) is 10.6. The van der Waals surface area contributed by atoms with E-state index >= 15 is 0 Å². The molecule has 0 unspecified atom stereocenters. The summed E-state index contributed by atoms with van der Waals surface area (Å²) < 4.78 is 13.6. The van der Waals surface area contributed by atoms with Crippen LogP contribution in [0, 0.1) is 5.82 Å². The number of fused-ring (bicyclic) bond motifs is 2. The second-order valence-electron chi connectivity index (χ2n) is 3.87. The summed E-state index contributed by atoms with van der Waals surface area (Å²) in [6.07, 6.45) is 0. The van der Waals surface area contributed by atoms with E-state index in [0.717, 1.165) is 0 Å². The molecule has 3 rings (SSSR count). The average molecular weight is 226 g/mol. The number of hydrogen-bond acceptors (Lipinski definition) is 2. The number of rotatable bonds is 0. The second kappa shape index (κ2) is 3.35. The van der Waals surface area contributed by atoms with Gasteiger partial charge in [0, 0.05) is 16.7 Å². The monoisotopic (exact) mass is 226 g/mol. The lowest BCUT2D eigenvalue weighted by molar-refractivity contribution is 0.0975. The fraction of sp³-hybridized carbons (Fsp3) is 0. The van der Waals surface area contributed by atoms with Gasteiger partial charge in [0.15, 0.2) is 11.6 Å². The zero-order valence-corrected chi connectivity index (χ0v) is 8.74. The summed E-state index contributed by atoms with van der Waals surface area (Å²) in [5.74, 6) is -1.36. The molecule has 0 fully saturated rings. The lowest BCUT2D eigenvalue weighted by atomic mass is 9.84. The Hall–Kier alpha value is -2.29. The van der Waals surface area contributed by atoms with Gasteiger partial charge in [0.2, 0.25) is 0 Å². The van der Waals surface area contributed by atoms with Crippen LogP contribution in [0.25, 0.3) is 0 Å². The molecule has 0 atom stereocenters. The van der Waals surface area contributed by atoms with E-state index in [1.807, 2.05) is 0 Å². The van der Waals surface area contributed by atoms with Crippen molar-refractivity contribution in [2.45, 2.75) is 0 Å². The lowest BCUT2D eigenvalue weighted by Crippen LogP contribution is -2.22. The molecule has 1 aliphatic rings. The molecule has 2 nitrogen and oxygen atoms in total. The van der Waals surface area contributed by atoms with Gasteiger partial charge in [-0.15, -0.1) is 0 Å². The Morgan fingerprint density at radius 1 is 0.706 bits per heavy atom. The van der Waals surface area contributed by atoms with E-state index in [9.17, 15) is 14.0 Å². The first-order valence-electron chi connectivity index (χ1n) is 5.17. The maximum Gasteiger partial charge on any atom is 0.197 e. The van der Waals surface area contributed by atoms with Crippen LogP contribution in [0.4, 0.5) is 4.39 Å². The fourth-order valence-corrected chi connectivity index (χ4v) is 2.10. The highest BCUT2D eigenvalue weighted by molar-refractivity contribution is 6.28. The summed E-state index contributed by atoms with van der Waals surface area (Å²) in [6.45, 7) is 0. The number of halogens is 1. The third kappa shape index (κ3) is 1.25. The van der Waals surface area contributed by atoms with E-state index in [2.05, 4.69) is 0 Å². The summed E-state index contributed by atoms with van der Waals surface area (Å²) in [7, 11) is 0. The molecule has 2 aromatic rings. The van der Waals surface area contributed by atoms with Crippen LogP contribution in [0.1, 0.15) is 31.8 Å². The van der Waals surface area contributed by atoms with Crippen LogP contribution in [0.2, 0.25) is 0 Å². The van der Waals surface area contributed by atoms with Gasteiger partial charge in [-0.25, -0.2) is 4.39 Å². The van der Waals surface area contributed by atoms with E-state index in [1.54, 1.807) is 24.3 Å². The van der Waals surface area contributed by atoms with Crippen molar-refractivity contribution in [3.63, 3.8) is 0 Å². The highest BCUT2D eigenvalue weighted by Gasteiger charge is 2.31. The van der Waals surface area contributed by atoms with E-state index in [-0.39, 0.29) is 22.5 Å². The Morgan fingerprint density at radius 2 is 1.29 bits per heavy atom. The standard InChI is InChI=1S/C14H7FO2/c15-11-7-3-6-10-12(11)14(17)9-5-2-1-4-8(9)13(10)16/h1-7H. The summed E-state index contributed by atoms with van der Waals surface area (Å²) >= 11 is 0. The van der Waals surface area contributed by atoms with Crippen molar-refractivity contribution in [2.24, 2.45) is 0 Å². The van der Waals surface area contributed by atoms with Crippen LogP contribution in [0.15, 0.2) is 42.5 Å². The third-order valence-electron chi connectivity index (χ3n) is 2.90. The zero-order valence-electron chi connectivity index (χ0n) is 8.74. The predicted molar refractivity (Wildman–Crippen MR) is 59.7 cm³/mol. The van der Waals surface area contributed by atoms with Crippen molar-refractivity contribution in [3.05, 3.63) is 70.5 Å². The van der Waals surface area contributed by atoms with E-state index in [4.69, 9.17) is 0 Å². The Bertz CT molecular complexity index is 659. The summed E-state index contributed by atoms with van der Waals surface area (Å²) in [4.78, 5) is 24.2. The number of ketones is 2. The molecule has 0 heterocycles. The quantitative estimate of drug-likeness (QED) is 0.590. The molecule has 3 heteroatoms. The number of carbonyl (C=O) groups excluding carboxylic acids is 2. The van der Waals surface area contributed by atoms with E-state index in [1.165, 1.54) is 18.2 Å². The number of hydrogen-bond donors (Lipinski definition) is 0. The maximum absolute atomic E-state index is 13.6. The smallest absolute Gasteiger partial charge is 0.197 e. The van der Waals surface area contributed by atoms with Gasteiger partial charge in [-0.3, -0.25) is 9.59 Å². The maximum atomic E-state index is 13.6. The molecular weight excluding hydrogens is 219 g/mol. The minimum Gasteiger partial charge on any atom is -0.289 e. The van der Waals surface area contributed by atoms with Crippen molar-refractivity contribution in [3.8, 4) is 0 Å². The fourth-order valence-electron chi connectivity index (χ4n) is 2.10. The van der Waals surface area contributed by atoms with Gasteiger partial charge in [0.05, 0.1) is 5.56 Å². The molecule has 0 saturated carbocycles. The van der Waals surface area contributed by atoms with Gasteiger partial charge in [-0.2, -0.15) is 0 Å². The molecule has 17 heavy (non-hydrogen) atoms. The predicted octanol–water partition coefficient (Wildman–Crippen LogP) is 2.60. The van der Waals surface area contributed by atoms with Crippen LogP contribution < -0.4 is 0 Å². The highest BCUT2D eigenvalue weighted by atomic mass is 19.1. The molecule has 0 saturated heterocycles. The van der Waals surface area contributed by atoms with Gasteiger partial charge >= 0.3 is 0 Å². The van der Waals surface area contributed by atoms with Crippen LogP contribution in [-0.2, 0) is 0 Å². The molecular formula is C14H7FO2. The minimum absolute atomic E-state index is 0.115. The van der Waals surface area contributed by atoms with E-state index < -0.39 is 11.6 Å². The lowest BCUT2D eigenvalue weighted by Gasteiger charge is -2.17. The van der Waals surface area contributed by atoms with Crippen LogP contribution >= 0.6 is 0 Å². The Kier molecular flexibility index (Phi) is 1.95. The van der Waals surface area contributed by atoms with Gasteiger partial charge in [-0.1, -0.05) is 36.4 Å². The molecule has 0 amide bonds. The number of carbonyl (C=O) groups is 2. The van der Waals surface area contributed by atoms with Crippen molar-refractivity contribution < 1.29 is 14.0 Å². The van der Waals surface area contributed by atoms with Crippen LogP contribution in [-0.4, -0.2) is 11.6 Å². The first-order valence-corrected chi connectivity index (χ1v) is 5.17. The molecule has 0 aromatic heterocycles. The SMILES string of the molecule is O=C1c2ccccc2C(=O)c2c(F)cccc21. The van der Waals surface area contributed by atoms with Gasteiger partial charge in [0.1, 0.15) is 5.82 Å². The molecule has 2 aromatic carbocycles. The van der Waals surface area contributed by atoms with Crippen LogP contribution in [0.3, 0.4) is 0 Å². The summed E-state index contributed by atoms with van der Waals surface area (Å²) in [5.41, 5.74) is 0.649. The van der Waals surface area contributed by atoms with Crippen molar-refractivity contribution >= 4 is 11.6 Å². The Labute approximate surface area is 96.7 Å². The first kappa shape index (κ1) is 9.90. The molecule has 0 bridgehead atoms. The van der Waals surface area contributed by atoms with Gasteiger partial charge < -0.3 is 0 Å². The molecule has 0 spiro atoms. The Morgan fingerprint density at radius 3 is 2.00 bits per heavy atom. The molecule has 0 radical (unpaired) electrons. The molecule has 1 aliphatic carbocycles. The van der Waals surface area contributed by atoms with E-state index in [0.29, 0.717) is 5.56 Å². The second-order valence-corrected chi connectivity index (χ2v) is 3.87. The van der Waals surface area contributed by atoms with Gasteiger partial charge in [-0.05, 0) is 6.07 Å². The van der Waals surface area contributed by atoms with Gasteiger partial charge in [0.25, 0.3) is 0 Å². The minimum atomic E-state index is -0.643. The topological polar surface area (TPSA) is 34.1 Å². The van der Waals surface area contributed by atoms with Crippen molar-refractivity contribution in [1.82, 2.24) is 0 Å². The first-order chi connectivity index (χ1) is 8.20. The van der Waals surface area contributed by atoms with Crippen molar-refractivity contribution in [2.75, 3.05) is 0 Å². The third-order valence-corrected chi connectivity index (χ3v) is 2.90. The summed E-state index contributed by atoms with van der Waals surface area (Å²) in [5, 5.41) is 0. The highest BCUT2D eigenvalue weighted by Crippen LogP contribution is 2.28. The molecule has 0 aliphatic heterocycles. The number of benzene rings is 2. The zero-order chi connectivity index (χ0) is 12.0. The Balaban J connectivity index is 2.37. The average Bonchev–Trinajstić information content (AvgIpc) is 2.36. The molecule has 82 valence electrons. The normalized spacial score (nSPS) is 13.2. The largest absolute Gasteiger partial charge is 0.289 e. The molecule has 0 N–H and O–H groups in total. The van der Waals surface area contributed by atoms with Crippen LogP contribution in [0.5, 0.6) is 0 Å².